The molecule has 0 amide bonds. The zero-order chi connectivity index (χ0) is 8.41. The molecule has 0 rings (SSSR count). The summed E-state index contributed by atoms with van der Waals surface area (Å²) in [6, 6.07) is 0. The lowest BCUT2D eigenvalue weighted by molar-refractivity contribution is 0.247. The fraction of sp³-hybridized carbons (Fsp3) is 1.00. The summed E-state index contributed by atoms with van der Waals surface area (Å²) in [6.45, 7) is 11.6. The molecular formula is C9H21B. The lowest BCUT2D eigenvalue weighted by Gasteiger charge is -2.41. The molecule has 0 unspecified atom stereocenters. The van der Waals surface area contributed by atoms with Gasteiger partial charge >= 0.3 is 0 Å². The molecule has 0 aliphatic heterocycles. The highest BCUT2D eigenvalue weighted by Gasteiger charge is 2.33. The van der Waals surface area contributed by atoms with Crippen LogP contribution in [0.25, 0.3) is 0 Å². The van der Waals surface area contributed by atoms with E-state index in [2.05, 4.69) is 42.5 Å². The average molecular weight is 140 g/mol. The summed E-state index contributed by atoms with van der Waals surface area (Å²) in [6.07, 6.45) is 2.57. The van der Waals surface area contributed by atoms with Crippen molar-refractivity contribution >= 4 is 7.85 Å². The van der Waals surface area contributed by atoms with E-state index < -0.39 is 0 Å². The number of hydrogen-bond donors (Lipinski definition) is 0. The van der Waals surface area contributed by atoms with Crippen LogP contribution in [-0.4, -0.2) is 7.85 Å². The quantitative estimate of drug-likeness (QED) is 0.517. The van der Waals surface area contributed by atoms with Crippen LogP contribution in [0.15, 0.2) is 0 Å². The zero-order valence-electron chi connectivity index (χ0n) is 8.41. The van der Waals surface area contributed by atoms with E-state index in [-0.39, 0.29) is 0 Å². The Morgan fingerprint density at radius 3 is 1.30 bits per heavy atom. The van der Waals surface area contributed by atoms with Gasteiger partial charge in [0.2, 0.25) is 0 Å². The van der Waals surface area contributed by atoms with E-state index in [1.165, 1.54) is 12.8 Å². The molecule has 0 aliphatic rings. The van der Waals surface area contributed by atoms with Gasteiger partial charge in [-0.05, 0) is 5.41 Å². The molecule has 60 valence electrons. The van der Waals surface area contributed by atoms with E-state index in [1.54, 1.807) is 0 Å². The van der Waals surface area contributed by atoms with Gasteiger partial charge in [-0.15, -0.1) is 0 Å². The van der Waals surface area contributed by atoms with Crippen molar-refractivity contribution < 1.29 is 0 Å². The van der Waals surface area contributed by atoms with Crippen LogP contribution >= 0.6 is 0 Å². The van der Waals surface area contributed by atoms with E-state index in [1.807, 2.05) is 0 Å². The largest absolute Gasteiger partial charge is 0.110 e. The van der Waals surface area contributed by atoms with Crippen molar-refractivity contribution in [2.75, 3.05) is 0 Å². The van der Waals surface area contributed by atoms with Crippen LogP contribution in [0.1, 0.15) is 47.5 Å². The van der Waals surface area contributed by atoms with Crippen LogP contribution in [0.5, 0.6) is 0 Å². The Balaban J connectivity index is 4.33. The Morgan fingerprint density at radius 2 is 1.30 bits per heavy atom. The summed E-state index contributed by atoms with van der Waals surface area (Å²) in [5, 5.41) is 0.521. The van der Waals surface area contributed by atoms with Crippen molar-refractivity contribution in [2.45, 2.75) is 52.8 Å². The molecule has 0 saturated heterocycles. The van der Waals surface area contributed by atoms with Gasteiger partial charge < -0.3 is 0 Å². The first-order chi connectivity index (χ1) is 4.37. The highest BCUT2D eigenvalue weighted by atomic mass is 14.3. The summed E-state index contributed by atoms with van der Waals surface area (Å²) in [5.74, 6) is 0. The third-order valence-electron chi connectivity index (χ3n) is 3.37. The van der Waals surface area contributed by atoms with E-state index >= 15 is 0 Å². The van der Waals surface area contributed by atoms with Gasteiger partial charge in [0.15, 0.2) is 0 Å². The van der Waals surface area contributed by atoms with Crippen molar-refractivity contribution in [2.24, 2.45) is 5.41 Å². The topological polar surface area (TPSA) is 0 Å². The summed E-state index contributed by atoms with van der Waals surface area (Å²) in [4.78, 5) is 0. The zero-order valence-corrected chi connectivity index (χ0v) is 8.41. The Labute approximate surface area is 66.8 Å². The Bertz CT molecular complexity index is 95.8. The molecule has 0 aromatic carbocycles. The third kappa shape index (κ3) is 1.77. The maximum Gasteiger partial charge on any atom is 0.110 e. The van der Waals surface area contributed by atoms with Crippen molar-refractivity contribution in [1.82, 2.24) is 0 Å². The fourth-order valence-corrected chi connectivity index (χ4v) is 1.31. The second-order valence-corrected chi connectivity index (χ2v) is 4.52. The first-order valence-corrected chi connectivity index (χ1v) is 4.37. The van der Waals surface area contributed by atoms with E-state index in [0.717, 1.165) is 0 Å². The molecule has 0 atom stereocenters. The smallest absolute Gasteiger partial charge is 0.0655 e. The van der Waals surface area contributed by atoms with Gasteiger partial charge in [-0.3, -0.25) is 0 Å². The van der Waals surface area contributed by atoms with Crippen molar-refractivity contribution in [3.05, 3.63) is 0 Å². The van der Waals surface area contributed by atoms with Crippen LogP contribution < -0.4 is 0 Å². The Kier molecular flexibility index (Phi) is 3.00. The molecule has 0 bridgehead atoms. The standard InChI is InChI=1S/C9H21B/c1-6-9(10,7-2)8(3,4)5/h6-7,10H2,1-5H3. The maximum absolute atomic E-state index is 2.38. The highest BCUT2D eigenvalue weighted by Crippen LogP contribution is 2.47. The average Bonchev–Trinajstić information content (AvgIpc) is 1.84. The second-order valence-electron chi connectivity index (χ2n) is 4.52. The number of rotatable bonds is 2. The minimum absolute atomic E-state index is 0.455. The third-order valence-corrected chi connectivity index (χ3v) is 3.37. The first-order valence-electron chi connectivity index (χ1n) is 4.37. The normalized spacial score (nSPS) is 13.7. The molecule has 0 heterocycles. The maximum atomic E-state index is 2.38. The molecule has 0 nitrogen and oxygen atoms in total. The second kappa shape index (κ2) is 2.98. The van der Waals surface area contributed by atoms with Gasteiger partial charge in [-0.1, -0.05) is 52.8 Å². The van der Waals surface area contributed by atoms with Gasteiger partial charge in [0.25, 0.3) is 0 Å². The molecule has 0 saturated carbocycles. The lowest BCUT2D eigenvalue weighted by Crippen LogP contribution is -2.27. The van der Waals surface area contributed by atoms with Gasteiger partial charge in [0.1, 0.15) is 7.85 Å². The Morgan fingerprint density at radius 1 is 1.00 bits per heavy atom. The molecule has 0 N–H and O–H groups in total. The van der Waals surface area contributed by atoms with Crippen molar-refractivity contribution in [1.29, 1.82) is 0 Å². The van der Waals surface area contributed by atoms with Gasteiger partial charge in [0, 0.05) is 0 Å². The monoisotopic (exact) mass is 140 g/mol. The SMILES string of the molecule is BC(CC)(CC)C(C)(C)C. The summed E-state index contributed by atoms with van der Waals surface area (Å²) < 4.78 is 0. The van der Waals surface area contributed by atoms with Gasteiger partial charge in [-0.2, -0.15) is 0 Å². The summed E-state index contributed by atoms with van der Waals surface area (Å²) in [7, 11) is 2.38. The molecule has 0 aliphatic carbocycles. The van der Waals surface area contributed by atoms with Crippen LogP contribution in [0.4, 0.5) is 0 Å². The summed E-state index contributed by atoms with van der Waals surface area (Å²) in [5.41, 5.74) is 0.455. The summed E-state index contributed by atoms with van der Waals surface area (Å²) >= 11 is 0. The molecule has 10 heavy (non-hydrogen) atoms. The minimum atomic E-state index is 0.455. The lowest BCUT2D eigenvalue weighted by atomic mass is 9.52. The van der Waals surface area contributed by atoms with E-state index in [4.69, 9.17) is 0 Å². The molecule has 1 heteroatoms. The molecule has 0 aromatic heterocycles. The van der Waals surface area contributed by atoms with E-state index in [0.29, 0.717) is 10.7 Å². The molecule has 0 spiro atoms. The van der Waals surface area contributed by atoms with Crippen LogP contribution in [0, 0.1) is 5.41 Å². The van der Waals surface area contributed by atoms with Crippen LogP contribution in [-0.2, 0) is 0 Å². The van der Waals surface area contributed by atoms with Crippen molar-refractivity contribution in [3.63, 3.8) is 0 Å². The van der Waals surface area contributed by atoms with Crippen LogP contribution in [0.2, 0.25) is 5.31 Å². The van der Waals surface area contributed by atoms with Gasteiger partial charge in [0.05, 0.1) is 0 Å². The molecular weight excluding hydrogens is 119 g/mol. The predicted molar refractivity (Wildman–Crippen MR) is 51.3 cm³/mol. The number of hydrogen-bond acceptors (Lipinski definition) is 0. The Hall–Kier alpha value is 0.0649. The van der Waals surface area contributed by atoms with Gasteiger partial charge in [-0.25, -0.2) is 0 Å². The van der Waals surface area contributed by atoms with Crippen LogP contribution in [0.3, 0.4) is 0 Å². The molecule has 0 aromatic rings. The fourth-order valence-electron chi connectivity index (χ4n) is 1.31. The molecule has 0 radical (unpaired) electrons. The first kappa shape index (κ1) is 10.1. The minimum Gasteiger partial charge on any atom is -0.0655 e. The predicted octanol–water partition coefficient (Wildman–Crippen LogP) is 2.64. The molecule has 0 fully saturated rings. The highest BCUT2D eigenvalue weighted by molar-refractivity contribution is 6.15. The van der Waals surface area contributed by atoms with E-state index in [9.17, 15) is 0 Å². The van der Waals surface area contributed by atoms with Crippen molar-refractivity contribution in [3.8, 4) is 0 Å².